The predicted octanol–water partition coefficient (Wildman–Crippen LogP) is 5.66. The van der Waals surface area contributed by atoms with Gasteiger partial charge in [-0.25, -0.2) is 0 Å². The molecule has 1 rings (SSSR count). The minimum absolute atomic E-state index is 0.487. The number of hydrogen-bond donors (Lipinski definition) is 0. The first-order valence-electron chi connectivity index (χ1n) is 7.66. The second kappa shape index (κ2) is 7.42. The van der Waals surface area contributed by atoms with E-state index in [2.05, 4.69) is 59.8 Å². The van der Waals surface area contributed by atoms with E-state index >= 15 is 0 Å². The molecule has 0 radical (unpaired) electrons. The molecule has 0 aromatic heterocycles. The number of benzene rings is 1. The van der Waals surface area contributed by atoms with Gasteiger partial charge in [-0.1, -0.05) is 65.8 Å². The fourth-order valence-electron chi connectivity index (χ4n) is 2.45. The van der Waals surface area contributed by atoms with Crippen LogP contribution in [-0.2, 0) is 4.79 Å². The first-order chi connectivity index (χ1) is 9.38. The second-order valence-corrected chi connectivity index (χ2v) is 6.38. The maximum Gasteiger partial charge on any atom is 0.123 e. The predicted molar refractivity (Wildman–Crippen MR) is 88.4 cm³/mol. The molecule has 20 heavy (non-hydrogen) atoms. The summed E-state index contributed by atoms with van der Waals surface area (Å²) in [5.41, 5.74) is 5.50. The van der Waals surface area contributed by atoms with Crippen LogP contribution in [0, 0.1) is 0 Å². The molecule has 0 atom stereocenters. The van der Waals surface area contributed by atoms with Crippen LogP contribution in [0.5, 0.6) is 0 Å². The Hall–Kier alpha value is -1.37. The topological polar surface area (TPSA) is 17.1 Å². The molecule has 0 N–H and O–H groups in total. The summed E-state index contributed by atoms with van der Waals surface area (Å²) in [6, 6.07) is 4.67. The quantitative estimate of drug-likeness (QED) is 0.611. The molecule has 0 aliphatic carbocycles. The van der Waals surface area contributed by atoms with Crippen LogP contribution in [0.3, 0.4) is 0 Å². The van der Waals surface area contributed by atoms with Gasteiger partial charge in [-0.15, -0.1) is 0 Å². The first-order valence-corrected chi connectivity index (χ1v) is 7.66. The number of carbonyl (C=O) groups is 1. The number of allylic oxidation sites excluding steroid dienone is 1. The highest BCUT2D eigenvalue weighted by Gasteiger charge is 2.15. The van der Waals surface area contributed by atoms with E-state index in [1.165, 1.54) is 22.3 Å². The number of rotatable bonds is 6. The van der Waals surface area contributed by atoms with Gasteiger partial charge in [-0.05, 0) is 40.0 Å². The van der Waals surface area contributed by atoms with Gasteiger partial charge in [0, 0.05) is 6.42 Å². The molecule has 0 bridgehead atoms. The SMILES string of the molecule is CC(C)c1cc(C(C)C)c(C=CCC=O)c(C(C)C)c1. The van der Waals surface area contributed by atoms with Crippen molar-refractivity contribution < 1.29 is 4.79 Å². The van der Waals surface area contributed by atoms with Gasteiger partial charge in [0.05, 0.1) is 0 Å². The van der Waals surface area contributed by atoms with Gasteiger partial charge in [0.2, 0.25) is 0 Å². The zero-order valence-corrected chi connectivity index (χ0v) is 13.7. The third-order valence-corrected chi connectivity index (χ3v) is 3.69. The fraction of sp³-hybridized carbons (Fsp3) is 0.526. The molecule has 0 aliphatic rings. The van der Waals surface area contributed by atoms with E-state index in [0.717, 1.165) is 6.29 Å². The van der Waals surface area contributed by atoms with Crippen LogP contribution < -0.4 is 0 Å². The second-order valence-electron chi connectivity index (χ2n) is 6.38. The zero-order valence-electron chi connectivity index (χ0n) is 13.7. The lowest BCUT2D eigenvalue weighted by Gasteiger charge is -2.21. The van der Waals surface area contributed by atoms with Gasteiger partial charge in [-0.2, -0.15) is 0 Å². The Labute approximate surface area is 124 Å². The molecule has 0 aliphatic heterocycles. The molecular formula is C19H28O. The van der Waals surface area contributed by atoms with Gasteiger partial charge >= 0.3 is 0 Å². The molecule has 0 spiro atoms. The Bertz CT molecular complexity index is 450. The van der Waals surface area contributed by atoms with Crippen molar-refractivity contribution in [1.82, 2.24) is 0 Å². The average molecular weight is 272 g/mol. The number of hydrogen-bond acceptors (Lipinski definition) is 1. The van der Waals surface area contributed by atoms with E-state index in [9.17, 15) is 4.79 Å². The summed E-state index contributed by atoms with van der Waals surface area (Å²) in [6.07, 6.45) is 5.53. The highest BCUT2D eigenvalue weighted by molar-refractivity contribution is 5.64. The van der Waals surface area contributed by atoms with Gasteiger partial charge in [-0.3, -0.25) is 0 Å². The molecular weight excluding hydrogens is 244 g/mol. The summed E-state index contributed by atoms with van der Waals surface area (Å²) >= 11 is 0. The zero-order chi connectivity index (χ0) is 15.3. The molecule has 1 nitrogen and oxygen atoms in total. The summed E-state index contributed by atoms with van der Waals surface area (Å²) in [7, 11) is 0. The first kappa shape index (κ1) is 16.7. The van der Waals surface area contributed by atoms with E-state index in [4.69, 9.17) is 0 Å². The Kier molecular flexibility index (Phi) is 6.19. The Balaban J connectivity index is 3.46. The normalized spacial score (nSPS) is 12.1. The van der Waals surface area contributed by atoms with Gasteiger partial charge in [0.15, 0.2) is 0 Å². The lowest BCUT2D eigenvalue weighted by atomic mass is 9.84. The van der Waals surface area contributed by atoms with Crippen molar-refractivity contribution in [3.05, 3.63) is 40.5 Å². The highest BCUT2D eigenvalue weighted by atomic mass is 16.1. The third kappa shape index (κ3) is 4.06. The largest absolute Gasteiger partial charge is 0.303 e. The molecule has 0 saturated heterocycles. The van der Waals surface area contributed by atoms with E-state index < -0.39 is 0 Å². The Morgan fingerprint density at radius 1 is 0.900 bits per heavy atom. The van der Waals surface area contributed by atoms with Gasteiger partial charge < -0.3 is 4.79 Å². The monoisotopic (exact) mass is 272 g/mol. The van der Waals surface area contributed by atoms with Crippen molar-refractivity contribution in [2.45, 2.75) is 65.7 Å². The molecule has 1 heteroatoms. The van der Waals surface area contributed by atoms with Crippen LogP contribution in [0.1, 0.15) is 88.0 Å². The fourth-order valence-corrected chi connectivity index (χ4v) is 2.45. The van der Waals surface area contributed by atoms with Crippen molar-refractivity contribution in [3.63, 3.8) is 0 Å². The standard InChI is InChI=1S/C19H28O/c1-13(2)16-11-18(14(3)4)17(9-7-8-10-20)19(12-16)15(5)6/h7,9-15H,8H2,1-6H3. The van der Waals surface area contributed by atoms with E-state index in [1.807, 2.05) is 6.08 Å². The molecule has 1 aromatic rings. The minimum Gasteiger partial charge on any atom is -0.303 e. The number of aldehydes is 1. The lowest BCUT2D eigenvalue weighted by molar-refractivity contribution is -0.107. The van der Waals surface area contributed by atoms with Crippen molar-refractivity contribution in [1.29, 1.82) is 0 Å². The van der Waals surface area contributed by atoms with E-state index in [0.29, 0.717) is 24.2 Å². The summed E-state index contributed by atoms with van der Waals surface area (Å²) < 4.78 is 0. The third-order valence-electron chi connectivity index (χ3n) is 3.69. The van der Waals surface area contributed by atoms with Gasteiger partial charge in [0.1, 0.15) is 6.29 Å². The summed E-state index contributed by atoms with van der Waals surface area (Å²) in [4.78, 5) is 10.5. The molecule has 0 saturated carbocycles. The summed E-state index contributed by atoms with van der Waals surface area (Å²) in [5, 5.41) is 0. The number of carbonyl (C=O) groups excluding carboxylic acids is 1. The van der Waals surface area contributed by atoms with Crippen molar-refractivity contribution in [3.8, 4) is 0 Å². The maximum absolute atomic E-state index is 10.5. The van der Waals surface area contributed by atoms with Crippen LogP contribution in [-0.4, -0.2) is 6.29 Å². The van der Waals surface area contributed by atoms with Gasteiger partial charge in [0.25, 0.3) is 0 Å². The van der Waals surface area contributed by atoms with Crippen LogP contribution >= 0.6 is 0 Å². The van der Waals surface area contributed by atoms with Crippen LogP contribution in [0.25, 0.3) is 6.08 Å². The van der Waals surface area contributed by atoms with Crippen molar-refractivity contribution in [2.24, 2.45) is 0 Å². The Morgan fingerprint density at radius 3 is 1.75 bits per heavy atom. The maximum atomic E-state index is 10.5. The molecule has 0 fully saturated rings. The van der Waals surface area contributed by atoms with E-state index in [-0.39, 0.29) is 0 Å². The molecule has 0 heterocycles. The van der Waals surface area contributed by atoms with Crippen molar-refractivity contribution >= 4 is 12.4 Å². The highest BCUT2D eigenvalue weighted by Crippen LogP contribution is 2.32. The Morgan fingerprint density at radius 2 is 1.40 bits per heavy atom. The molecule has 0 amide bonds. The lowest BCUT2D eigenvalue weighted by Crippen LogP contribution is -2.03. The van der Waals surface area contributed by atoms with Crippen LogP contribution in [0.2, 0.25) is 0 Å². The van der Waals surface area contributed by atoms with Crippen LogP contribution in [0.15, 0.2) is 18.2 Å². The van der Waals surface area contributed by atoms with Crippen LogP contribution in [0.4, 0.5) is 0 Å². The minimum atomic E-state index is 0.487. The average Bonchev–Trinajstić information content (AvgIpc) is 2.37. The summed E-state index contributed by atoms with van der Waals surface area (Å²) in [6.45, 7) is 13.4. The molecule has 110 valence electrons. The molecule has 1 aromatic carbocycles. The van der Waals surface area contributed by atoms with E-state index in [1.54, 1.807) is 0 Å². The summed E-state index contributed by atoms with van der Waals surface area (Å²) in [5.74, 6) is 1.52. The van der Waals surface area contributed by atoms with Crippen molar-refractivity contribution in [2.75, 3.05) is 0 Å². The molecule has 0 unspecified atom stereocenters. The smallest absolute Gasteiger partial charge is 0.123 e.